The third-order valence-electron chi connectivity index (χ3n) is 2.33. The Balaban J connectivity index is 2.21. The first-order chi connectivity index (χ1) is 9.11. The first kappa shape index (κ1) is 13.1. The minimum Gasteiger partial charge on any atom is -0.504 e. The van der Waals surface area contributed by atoms with Gasteiger partial charge in [0.1, 0.15) is 0 Å². The van der Waals surface area contributed by atoms with Crippen LogP contribution in [0.1, 0.15) is 10.4 Å². The third kappa shape index (κ3) is 2.92. The number of hydrogen-bond donors (Lipinski definition) is 2. The molecule has 2 N–H and O–H groups in total. The van der Waals surface area contributed by atoms with Crippen molar-refractivity contribution in [2.45, 2.75) is 0 Å². The fourth-order valence-corrected chi connectivity index (χ4v) is 1.57. The van der Waals surface area contributed by atoms with Crippen molar-refractivity contribution < 1.29 is 14.6 Å². The maximum atomic E-state index is 11.9. The van der Waals surface area contributed by atoms with Crippen LogP contribution in [0.25, 0.3) is 0 Å². The van der Waals surface area contributed by atoms with Gasteiger partial charge in [-0.2, -0.15) is 0 Å². The molecule has 1 heterocycles. The molecule has 7 heteroatoms. The number of rotatable bonds is 3. The number of carbonyl (C=O) groups excluding carboxylic acids is 1. The van der Waals surface area contributed by atoms with Crippen LogP contribution in [0.15, 0.2) is 30.6 Å². The van der Waals surface area contributed by atoms with Crippen molar-refractivity contribution in [1.82, 2.24) is 9.97 Å². The number of phenolic OH excluding ortho intramolecular Hbond substituents is 1. The summed E-state index contributed by atoms with van der Waals surface area (Å²) in [6, 6.07) is 4.29. The number of carbonyl (C=O) groups is 1. The summed E-state index contributed by atoms with van der Waals surface area (Å²) in [4.78, 5) is 19.6. The number of benzene rings is 1. The summed E-state index contributed by atoms with van der Waals surface area (Å²) in [5.74, 6) is -0.140. The van der Waals surface area contributed by atoms with Crippen LogP contribution in [0.4, 0.5) is 5.82 Å². The molecule has 98 valence electrons. The maximum absolute atomic E-state index is 11.9. The van der Waals surface area contributed by atoms with E-state index < -0.39 is 5.91 Å². The zero-order chi connectivity index (χ0) is 13.8. The van der Waals surface area contributed by atoms with Crippen molar-refractivity contribution in [3.05, 3.63) is 41.3 Å². The van der Waals surface area contributed by atoms with Gasteiger partial charge in [0.05, 0.1) is 7.11 Å². The predicted molar refractivity (Wildman–Crippen MR) is 69.7 cm³/mol. The van der Waals surface area contributed by atoms with Gasteiger partial charge in [-0.1, -0.05) is 11.6 Å². The Labute approximate surface area is 114 Å². The van der Waals surface area contributed by atoms with Crippen LogP contribution in [-0.4, -0.2) is 28.1 Å². The summed E-state index contributed by atoms with van der Waals surface area (Å²) in [7, 11) is 1.42. The Morgan fingerprint density at radius 2 is 2.11 bits per heavy atom. The lowest BCUT2D eigenvalue weighted by Crippen LogP contribution is -2.13. The normalized spacial score (nSPS) is 10.0. The van der Waals surface area contributed by atoms with Gasteiger partial charge in [-0.25, -0.2) is 9.97 Å². The molecule has 0 fully saturated rings. The number of hydrogen-bond acceptors (Lipinski definition) is 5. The molecule has 0 unspecified atom stereocenters. The Morgan fingerprint density at radius 1 is 1.37 bits per heavy atom. The predicted octanol–water partition coefficient (Wildman–Crippen LogP) is 2.10. The lowest BCUT2D eigenvalue weighted by atomic mass is 10.2. The molecule has 0 aliphatic carbocycles. The molecule has 6 nitrogen and oxygen atoms in total. The number of aromatic hydroxyl groups is 1. The highest BCUT2D eigenvalue weighted by Gasteiger charge is 2.12. The van der Waals surface area contributed by atoms with E-state index in [1.165, 1.54) is 37.7 Å². The number of halogens is 1. The van der Waals surface area contributed by atoms with Crippen LogP contribution < -0.4 is 10.1 Å². The number of methoxy groups -OCH3 is 1. The smallest absolute Gasteiger partial charge is 0.257 e. The van der Waals surface area contributed by atoms with Crippen molar-refractivity contribution >= 4 is 23.3 Å². The number of anilines is 1. The van der Waals surface area contributed by atoms with E-state index in [9.17, 15) is 9.90 Å². The SMILES string of the molecule is COc1ccc(C(=O)Nc2nccnc2Cl)cc1O. The molecule has 1 aromatic heterocycles. The second-order valence-electron chi connectivity index (χ2n) is 3.54. The van der Waals surface area contributed by atoms with Crippen LogP contribution >= 0.6 is 11.6 Å². The maximum Gasteiger partial charge on any atom is 0.257 e. The number of ether oxygens (including phenoxy) is 1. The van der Waals surface area contributed by atoms with Crippen molar-refractivity contribution in [2.75, 3.05) is 12.4 Å². The molecular weight excluding hydrogens is 270 g/mol. The Bertz CT molecular complexity index is 619. The molecule has 2 aromatic rings. The molecule has 0 bridgehead atoms. The highest BCUT2D eigenvalue weighted by molar-refractivity contribution is 6.32. The van der Waals surface area contributed by atoms with E-state index in [-0.39, 0.29) is 28.0 Å². The van der Waals surface area contributed by atoms with E-state index >= 15 is 0 Å². The molecule has 1 amide bonds. The monoisotopic (exact) mass is 279 g/mol. The molecular formula is C12H10ClN3O3. The average molecular weight is 280 g/mol. The van der Waals surface area contributed by atoms with Crippen LogP contribution in [0, 0.1) is 0 Å². The van der Waals surface area contributed by atoms with Gasteiger partial charge in [-0.15, -0.1) is 0 Å². The molecule has 2 rings (SSSR count). The van der Waals surface area contributed by atoms with Gasteiger partial charge in [0.15, 0.2) is 22.5 Å². The summed E-state index contributed by atoms with van der Waals surface area (Å²) in [6.07, 6.45) is 2.82. The van der Waals surface area contributed by atoms with Crippen LogP contribution in [0.2, 0.25) is 5.15 Å². The van der Waals surface area contributed by atoms with E-state index in [1.54, 1.807) is 0 Å². The van der Waals surface area contributed by atoms with Gasteiger partial charge in [0.25, 0.3) is 5.91 Å². The van der Waals surface area contributed by atoms with Gasteiger partial charge in [-0.3, -0.25) is 4.79 Å². The van der Waals surface area contributed by atoms with Crippen LogP contribution in [0.3, 0.4) is 0 Å². The molecule has 0 saturated heterocycles. The summed E-state index contributed by atoms with van der Waals surface area (Å²) in [5.41, 5.74) is 0.250. The molecule has 1 aromatic carbocycles. The van der Waals surface area contributed by atoms with Crippen molar-refractivity contribution in [3.63, 3.8) is 0 Å². The quantitative estimate of drug-likeness (QED) is 0.899. The first-order valence-corrected chi connectivity index (χ1v) is 5.64. The van der Waals surface area contributed by atoms with Crippen molar-refractivity contribution in [1.29, 1.82) is 0 Å². The van der Waals surface area contributed by atoms with E-state index in [0.29, 0.717) is 0 Å². The number of phenols is 1. The fourth-order valence-electron chi connectivity index (χ4n) is 1.42. The molecule has 0 aliphatic heterocycles. The summed E-state index contributed by atoms with van der Waals surface area (Å²) in [5, 5.41) is 12.2. The van der Waals surface area contributed by atoms with E-state index in [1.807, 2.05) is 0 Å². The highest BCUT2D eigenvalue weighted by atomic mass is 35.5. The fraction of sp³-hybridized carbons (Fsp3) is 0.0833. The van der Waals surface area contributed by atoms with Crippen LogP contribution in [-0.2, 0) is 0 Å². The summed E-state index contributed by atoms with van der Waals surface area (Å²) < 4.78 is 4.89. The summed E-state index contributed by atoms with van der Waals surface area (Å²) >= 11 is 5.78. The van der Waals surface area contributed by atoms with Gasteiger partial charge in [-0.05, 0) is 18.2 Å². The topological polar surface area (TPSA) is 84.3 Å². The molecule has 19 heavy (non-hydrogen) atoms. The van der Waals surface area contributed by atoms with Gasteiger partial charge in [0, 0.05) is 18.0 Å². The molecule has 0 saturated carbocycles. The Kier molecular flexibility index (Phi) is 3.82. The zero-order valence-electron chi connectivity index (χ0n) is 9.92. The van der Waals surface area contributed by atoms with Gasteiger partial charge in [0.2, 0.25) is 0 Å². The standard InChI is InChI=1S/C12H10ClN3O3/c1-19-9-3-2-7(6-8(9)17)12(18)16-11-10(13)14-4-5-15-11/h2-6,17H,1H3,(H,15,16,18). The minimum atomic E-state index is -0.458. The largest absolute Gasteiger partial charge is 0.504 e. The number of nitrogens with one attached hydrogen (secondary N) is 1. The number of aromatic nitrogens is 2. The second kappa shape index (κ2) is 5.53. The molecule has 0 atom stereocenters. The van der Waals surface area contributed by atoms with Crippen LogP contribution in [0.5, 0.6) is 11.5 Å². The van der Waals surface area contributed by atoms with E-state index in [2.05, 4.69) is 15.3 Å². The first-order valence-electron chi connectivity index (χ1n) is 5.26. The second-order valence-corrected chi connectivity index (χ2v) is 3.89. The zero-order valence-corrected chi connectivity index (χ0v) is 10.7. The number of amides is 1. The molecule has 0 aliphatic rings. The van der Waals surface area contributed by atoms with Crippen molar-refractivity contribution in [2.24, 2.45) is 0 Å². The van der Waals surface area contributed by atoms with E-state index in [0.717, 1.165) is 0 Å². The lowest BCUT2D eigenvalue weighted by Gasteiger charge is -2.07. The molecule has 0 radical (unpaired) electrons. The van der Waals surface area contributed by atoms with Crippen molar-refractivity contribution in [3.8, 4) is 11.5 Å². The third-order valence-corrected chi connectivity index (χ3v) is 2.60. The number of nitrogens with zero attached hydrogens (tertiary/aromatic N) is 2. The molecule has 0 spiro atoms. The Hall–Kier alpha value is -2.34. The summed E-state index contributed by atoms with van der Waals surface area (Å²) in [6.45, 7) is 0. The average Bonchev–Trinajstić information content (AvgIpc) is 2.41. The van der Waals surface area contributed by atoms with E-state index in [4.69, 9.17) is 16.3 Å². The lowest BCUT2D eigenvalue weighted by molar-refractivity contribution is 0.102. The highest BCUT2D eigenvalue weighted by Crippen LogP contribution is 2.26. The Morgan fingerprint density at radius 3 is 2.74 bits per heavy atom. The minimum absolute atomic E-state index is 0.0913. The van der Waals surface area contributed by atoms with Gasteiger partial charge >= 0.3 is 0 Å². The van der Waals surface area contributed by atoms with Gasteiger partial charge < -0.3 is 15.2 Å².